The number of thioether (sulfide) groups is 1. The quantitative estimate of drug-likeness (QED) is 0.539. The highest BCUT2D eigenvalue weighted by molar-refractivity contribution is 7.99. The van der Waals surface area contributed by atoms with Crippen molar-refractivity contribution in [2.45, 2.75) is 18.5 Å². The van der Waals surface area contributed by atoms with Gasteiger partial charge in [0.2, 0.25) is 11.1 Å². The fraction of sp³-hybridized carbons (Fsp3) is 0.300. The van der Waals surface area contributed by atoms with Crippen molar-refractivity contribution in [2.24, 2.45) is 0 Å². The number of methoxy groups -OCH3 is 2. The first-order chi connectivity index (χ1) is 14.1. The van der Waals surface area contributed by atoms with Gasteiger partial charge in [-0.1, -0.05) is 35.5 Å². The van der Waals surface area contributed by atoms with Crippen molar-refractivity contribution in [2.75, 3.05) is 26.5 Å². The van der Waals surface area contributed by atoms with E-state index in [-0.39, 0.29) is 11.7 Å². The molecular weight excluding hydrogens is 390 g/mol. The minimum atomic E-state index is -0.0751. The number of nitrogens with one attached hydrogen (secondary N) is 1. The zero-order valence-corrected chi connectivity index (χ0v) is 17.4. The van der Waals surface area contributed by atoms with Gasteiger partial charge in [-0.05, 0) is 53.6 Å². The van der Waals surface area contributed by atoms with Crippen molar-refractivity contribution in [3.8, 4) is 17.2 Å². The van der Waals surface area contributed by atoms with Crippen LogP contribution in [0.25, 0.3) is 5.69 Å². The molecule has 0 saturated heterocycles. The summed E-state index contributed by atoms with van der Waals surface area (Å²) in [5.74, 6) is 1.52. The molecule has 9 heteroatoms. The number of nitrogens with zero attached hydrogens (tertiary/aromatic N) is 4. The lowest BCUT2D eigenvalue weighted by Crippen LogP contribution is -2.27. The zero-order chi connectivity index (χ0) is 20.6. The summed E-state index contributed by atoms with van der Waals surface area (Å²) >= 11 is 1.30. The Morgan fingerprint density at radius 1 is 1.10 bits per heavy atom. The second kappa shape index (κ2) is 9.92. The predicted octanol–water partition coefficient (Wildman–Crippen LogP) is 2.44. The fourth-order valence-corrected chi connectivity index (χ4v) is 3.40. The zero-order valence-electron chi connectivity index (χ0n) is 16.6. The summed E-state index contributed by atoms with van der Waals surface area (Å²) in [6, 6.07) is 13.6. The highest BCUT2D eigenvalue weighted by Gasteiger charge is 2.11. The number of tetrazole rings is 1. The van der Waals surface area contributed by atoms with E-state index in [1.54, 1.807) is 18.9 Å². The molecule has 0 bridgehead atoms. The van der Waals surface area contributed by atoms with Crippen LogP contribution in [-0.2, 0) is 11.2 Å². The van der Waals surface area contributed by atoms with Crippen LogP contribution < -0.4 is 14.8 Å². The van der Waals surface area contributed by atoms with Crippen molar-refractivity contribution in [3.63, 3.8) is 0 Å². The number of amides is 1. The molecule has 3 rings (SSSR count). The number of hydrogen-bond acceptors (Lipinski definition) is 7. The number of aryl methyl sites for hydroxylation is 1. The van der Waals surface area contributed by atoms with E-state index < -0.39 is 0 Å². The van der Waals surface area contributed by atoms with Crippen LogP contribution in [0.1, 0.15) is 11.1 Å². The lowest BCUT2D eigenvalue weighted by molar-refractivity contribution is -0.118. The van der Waals surface area contributed by atoms with E-state index in [0.29, 0.717) is 29.6 Å². The lowest BCUT2D eigenvalue weighted by atomic mass is 10.1. The average Bonchev–Trinajstić information content (AvgIpc) is 3.21. The molecule has 0 aliphatic rings. The molecule has 0 saturated carbocycles. The molecule has 29 heavy (non-hydrogen) atoms. The Morgan fingerprint density at radius 3 is 2.59 bits per heavy atom. The summed E-state index contributed by atoms with van der Waals surface area (Å²) in [5, 5.41) is 15.2. The van der Waals surface area contributed by atoms with Gasteiger partial charge in [-0.25, -0.2) is 0 Å². The number of rotatable bonds is 9. The van der Waals surface area contributed by atoms with E-state index in [4.69, 9.17) is 9.47 Å². The van der Waals surface area contributed by atoms with Crippen LogP contribution >= 0.6 is 11.8 Å². The average molecular weight is 414 g/mol. The normalized spacial score (nSPS) is 10.6. The summed E-state index contributed by atoms with van der Waals surface area (Å²) < 4.78 is 12.2. The molecule has 0 aliphatic carbocycles. The molecule has 1 amide bonds. The number of carbonyl (C=O) groups is 1. The largest absolute Gasteiger partial charge is 0.493 e. The highest BCUT2D eigenvalue weighted by Crippen LogP contribution is 2.27. The van der Waals surface area contributed by atoms with E-state index >= 15 is 0 Å². The summed E-state index contributed by atoms with van der Waals surface area (Å²) in [4.78, 5) is 12.2. The van der Waals surface area contributed by atoms with Crippen LogP contribution in [0.3, 0.4) is 0 Å². The van der Waals surface area contributed by atoms with E-state index in [1.807, 2.05) is 49.4 Å². The maximum Gasteiger partial charge on any atom is 0.230 e. The molecular formula is C20H23N5O3S. The van der Waals surface area contributed by atoms with E-state index in [1.165, 1.54) is 11.8 Å². The maximum absolute atomic E-state index is 12.2. The molecule has 1 aromatic heterocycles. The van der Waals surface area contributed by atoms with Gasteiger partial charge in [-0.15, -0.1) is 5.10 Å². The van der Waals surface area contributed by atoms with Gasteiger partial charge in [-0.3, -0.25) is 4.79 Å². The van der Waals surface area contributed by atoms with E-state index in [2.05, 4.69) is 20.8 Å². The summed E-state index contributed by atoms with van der Waals surface area (Å²) in [5.41, 5.74) is 3.07. The Kier molecular flexibility index (Phi) is 7.07. The van der Waals surface area contributed by atoms with E-state index in [0.717, 1.165) is 16.8 Å². The first-order valence-corrected chi connectivity index (χ1v) is 10.0. The van der Waals surface area contributed by atoms with Gasteiger partial charge < -0.3 is 14.8 Å². The van der Waals surface area contributed by atoms with Gasteiger partial charge in [-0.2, -0.15) is 4.68 Å². The first-order valence-electron chi connectivity index (χ1n) is 9.06. The number of carbonyl (C=O) groups excluding carboxylic acids is 1. The standard InChI is InChI=1S/C20H23N5O3S/c1-14-4-7-16(8-5-14)25-20(22-23-24-25)29-13-19(26)21-11-10-15-6-9-17(27-2)18(12-15)28-3/h4-9,12H,10-11,13H2,1-3H3,(H,21,26). The van der Waals surface area contributed by atoms with Crippen LogP contribution in [0, 0.1) is 6.92 Å². The summed E-state index contributed by atoms with van der Waals surface area (Å²) in [6.07, 6.45) is 0.692. The minimum absolute atomic E-state index is 0.0751. The Morgan fingerprint density at radius 2 is 1.86 bits per heavy atom. The molecule has 3 aromatic rings. The number of hydrogen-bond donors (Lipinski definition) is 1. The number of ether oxygens (including phenoxy) is 2. The molecule has 1 heterocycles. The van der Waals surface area contributed by atoms with Gasteiger partial charge in [0.1, 0.15) is 0 Å². The molecule has 0 atom stereocenters. The lowest BCUT2D eigenvalue weighted by Gasteiger charge is -2.10. The predicted molar refractivity (Wildman–Crippen MR) is 111 cm³/mol. The molecule has 0 unspecified atom stereocenters. The molecule has 0 fully saturated rings. The number of aromatic nitrogens is 4. The topological polar surface area (TPSA) is 91.2 Å². The van der Waals surface area contributed by atoms with Crippen LogP contribution in [0.15, 0.2) is 47.6 Å². The van der Waals surface area contributed by atoms with Gasteiger partial charge in [0.05, 0.1) is 25.7 Å². The molecule has 152 valence electrons. The third kappa shape index (κ3) is 5.47. The maximum atomic E-state index is 12.2. The second-order valence-electron chi connectivity index (χ2n) is 6.29. The highest BCUT2D eigenvalue weighted by atomic mass is 32.2. The first kappa shape index (κ1) is 20.7. The van der Waals surface area contributed by atoms with E-state index in [9.17, 15) is 4.79 Å². The van der Waals surface area contributed by atoms with Gasteiger partial charge in [0.25, 0.3) is 0 Å². The Hall–Kier alpha value is -3.07. The van der Waals surface area contributed by atoms with Gasteiger partial charge >= 0.3 is 0 Å². The Labute approximate surface area is 173 Å². The summed E-state index contributed by atoms with van der Waals surface area (Å²) in [7, 11) is 3.20. The molecule has 0 radical (unpaired) electrons. The molecule has 2 aromatic carbocycles. The Balaban J connectivity index is 1.49. The van der Waals surface area contributed by atoms with Crippen molar-refractivity contribution in [1.29, 1.82) is 0 Å². The van der Waals surface area contributed by atoms with Crippen LogP contribution in [0.5, 0.6) is 11.5 Å². The van der Waals surface area contributed by atoms with Crippen molar-refractivity contribution in [1.82, 2.24) is 25.5 Å². The van der Waals surface area contributed by atoms with Crippen LogP contribution in [0.2, 0.25) is 0 Å². The molecule has 1 N–H and O–H groups in total. The second-order valence-corrected chi connectivity index (χ2v) is 7.23. The minimum Gasteiger partial charge on any atom is -0.493 e. The third-order valence-corrected chi connectivity index (χ3v) is 5.15. The van der Waals surface area contributed by atoms with Crippen molar-refractivity contribution < 1.29 is 14.3 Å². The molecule has 0 aliphatic heterocycles. The van der Waals surface area contributed by atoms with Gasteiger partial charge in [0, 0.05) is 6.54 Å². The van der Waals surface area contributed by atoms with Gasteiger partial charge in [0.15, 0.2) is 11.5 Å². The number of benzene rings is 2. The fourth-order valence-electron chi connectivity index (χ4n) is 2.68. The SMILES string of the molecule is COc1ccc(CCNC(=O)CSc2nnnn2-c2ccc(C)cc2)cc1OC. The van der Waals surface area contributed by atoms with Crippen LogP contribution in [-0.4, -0.2) is 52.6 Å². The monoisotopic (exact) mass is 413 g/mol. The molecule has 0 spiro atoms. The van der Waals surface area contributed by atoms with Crippen molar-refractivity contribution in [3.05, 3.63) is 53.6 Å². The van der Waals surface area contributed by atoms with Crippen molar-refractivity contribution >= 4 is 17.7 Å². The summed E-state index contributed by atoms with van der Waals surface area (Å²) in [6.45, 7) is 2.54. The van der Waals surface area contributed by atoms with Crippen LogP contribution in [0.4, 0.5) is 0 Å². The molecule has 8 nitrogen and oxygen atoms in total. The third-order valence-electron chi connectivity index (χ3n) is 4.24. The smallest absolute Gasteiger partial charge is 0.230 e. The Bertz CT molecular complexity index is 959.